The molecule has 0 aliphatic carbocycles. The average Bonchev–Trinajstić information content (AvgIpc) is 3.05. The number of methoxy groups -OCH3 is 1. The Kier molecular flexibility index (Phi) is 7.54. The number of halogens is 2. The molecule has 0 aromatic heterocycles. The molecular weight excluding hydrogens is 426 g/mol. The molecule has 1 atom stereocenters. The van der Waals surface area contributed by atoms with E-state index in [4.69, 9.17) is 9.47 Å². The van der Waals surface area contributed by atoms with Gasteiger partial charge in [-0.2, -0.15) is 0 Å². The van der Waals surface area contributed by atoms with Crippen molar-refractivity contribution in [1.82, 2.24) is 10.2 Å². The van der Waals surface area contributed by atoms with Crippen molar-refractivity contribution in [2.75, 3.05) is 40.0 Å². The van der Waals surface area contributed by atoms with Crippen molar-refractivity contribution < 1.29 is 18.7 Å². The minimum atomic E-state index is -0.621. The molecule has 7 heteroatoms. The number of carbonyl (C=O) groups is 1. The first-order valence-corrected chi connectivity index (χ1v) is 9.27. The summed E-state index contributed by atoms with van der Waals surface area (Å²) < 4.78 is 24.1. The third kappa shape index (κ3) is 4.72. The van der Waals surface area contributed by atoms with Crippen LogP contribution in [0.4, 0.5) is 4.39 Å². The number of likely N-dealkylation sites (N-methyl/N-ethyl adjacent to an activating group) is 1. The fourth-order valence-electron chi connectivity index (χ4n) is 3.03. The molecule has 0 radical (unpaired) electrons. The van der Waals surface area contributed by atoms with E-state index in [0.29, 0.717) is 29.6 Å². The Morgan fingerprint density at radius 2 is 2.29 bits per heavy atom. The Balaban J connectivity index is 2.13. The summed E-state index contributed by atoms with van der Waals surface area (Å²) in [6, 6.07) is 3.87. The summed E-state index contributed by atoms with van der Waals surface area (Å²) in [5.74, 6) is 0.520. The van der Waals surface area contributed by atoms with Crippen LogP contribution in [0.5, 0.6) is 11.5 Å². The molecular formula is C17H24FIN2O3. The molecule has 1 N–H and O–H groups in total. The second-order valence-corrected chi connectivity index (χ2v) is 6.90. The van der Waals surface area contributed by atoms with Gasteiger partial charge in [-0.05, 0) is 60.7 Å². The highest BCUT2D eigenvalue weighted by atomic mass is 127. The third-order valence-electron chi connectivity index (χ3n) is 4.21. The summed E-state index contributed by atoms with van der Waals surface area (Å²) in [4.78, 5) is 15.0. The molecule has 1 heterocycles. The number of ether oxygens (including phenoxy) is 2. The number of likely N-dealkylation sites (tertiary alicyclic amines) is 1. The molecule has 0 unspecified atom stereocenters. The van der Waals surface area contributed by atoms with Crippen LogP contribution in [0.1, 0.15) is 30.1 Å². The molecule has 1 saturated heterocycles. The van der Waals surface area contributed by atoms with Crippen molar-refractivity contribution in [2.45, 2.75) is 25.8 Å². The molecule has 1 aromatic carbocycles. The summed E-state index contributed by atoms with van der Waals surface area (Å²) in [6.07, 6.45) is 2.26. The molecule has 0 bridgehead atoms. The number of carbonyl (C=O) groups excluding carboxylic acids is 1. The van der Waals surface area contributed by atoms with Crippen LogP contribution in [0, 0.1) is 3.57 Å². The van der Waals surface area contributed by atoms with E-state index in [2.05, 4.69) is 39.7 Å². The molecule has 1 fully saturated rings. The van der Waals surface area contributed by atoms with Crippen LogP contribution >= 0.6 is 22.6 Å². The van der Waals surface area contributed by atoms with E-state index in [-0.39, 0.29) is 12.5 Å². The quantitative estimate of drug-likeness (QED) is 0.620. The van der Waals surface area contributed by atoms with E-state index < -0.39 is 6.67 Å². The van der Waals surface area contributed by atoms with Gasteiger partial charge in [0.2, 0.25) is 0 Å². The number of rotatable bonds is 8. The average molecular weight is 450 g/mol. The molecule has 24 heavy (non-hydrogen) atoms. The van der Waals surface area contributed by atoms with Crippen LogP contribution in [0.15, 0.2) is 12.1 Å². The number of hydrogen-bond acceptors (Lipinski definition) is 4. The number of amides is 1. The van der Waals surface area contributed by atoms with Crippen molar-refractivity contribution >= 4 is 28.5 Å². The van der Waals surface area contributed by atoms with Gasteiger partial charge in [-0.1, -0.05) is 6.92 Å². The maximum atomic E-state index is 12.6. The fourth-order valence-corrected chi connectivity index (χ4v) is 3.62. The van der Waals surface area contributed by atoms with Crippen LogP contribution in [0.3, 0.4) is 0 Å². The van der Waals surface area contributed by atoms with Crippen LogP contribution in [-0.2, 0) is 0 Å². The van der Waals surface area contributed by atoms with E-state index in [9.17, 15) is 9.18 Å². The fraction of sp³-hybridized carbons (Fsp3) is 0.588. The lowest BCUT2D eigenvalue weighted by Crippen LogP contribution is -2.40. The van der Waals surface area contributed by atoms with Gasteiger partial charge in [0.25, 0.3) is 5.91 Å². The van der Waals surface area contributed by atoms with Crippen LogP contribution in [-0.4, -0.2) is 56.9 Å². The molecule has 1 aliphatic rings. The second-order valence-electron chi connectivity index (χ2n) is 5.66. The summed E-state index contributed by atoms with van der Waals surface area (Å²) in [5.41, 5.74) is 0.383. The number of nitrogens with zero attached hydrogens (tertiary/aromatic N) is 1. The first-order valence-electron chi connectivity index (χ1n) is 8.19. The van der Waals surface area contributed by atoms with Crippen molar-refractivity contribution in [2.24, 2.45) is 0 Å². The van der Waals surface area contributed by atoms with Crippen LogP contribution in [0.25, 0.3) is 0 Å². The van der Waals surface area contributed by atoms with Gasteiger partial charge in [0, 0.05) is 16.2 Å². The van der Waals surface area contributed by atoms with Crippen molar-refractivity contribution in [3.05, 3.63) is 21.3 Å². The topological polar surface area (TPSA) is 50.8 Å². The van der Waals surface area contributed by atoms with Gasteiger partial charge in [-0.15, -0.1) is 0 Å². The Labute approximate surface area is 156 Å². The molecule has 2 rings (SSSR count). The highest BCUT2D eigenvalue weighted by molar-refractivity contribution is 14.1. The second kappa shape index (κ2) is 9.41. The van der Waals surface area contributed by atoms with Crippen molar-refractivity contribution in [3.63, 3.8) is 0 Å². The summed E-state index contributed by atoms with van der Waals surface area (Å²) in [5, 5.41) is 2.99. The lowest BCUT2D eigenvalue weighted by atomic mass is 10.1. The Morgan fingerprint density at radius 3 is 2.96 bits per heavy atom. The smallest absolute Gasteiger partial charge is 0.255 e. The molecule has 0 spiro atoms. The SMILES string of the molecule is CCN1CCC[C@H]1CNC(=O)c1cc(I)cc(OC)c1OCCF. The number of nitrogens with one attached hydrogen (secondary N) is 1. The highest BCUT2D eigenvalue weighted by Crippen LogP contribution is 2.33. The molecule has 1 aliphatic heterocycles. The van der Waals surface area contributed by atoms with E-state index in [1.54, 1.807) is 12.1 Å². The first-order chi connectivity index (χ1) is 11.6. The molecule has 5 nitrogen and oxygen atoms in total. The normalized spacial score (nSPS) is 17.8. The monoisotopic (exact) mass is 450 g/mol. The van der Waals surface area contributed by atoms with Crippen molar-refractivity contribution in [1.29, 1.82) is 0 Å². The van der Waals surface area contributed by atoms with Gasteiger partial charge in [0.05, 0.1) is 12.7 Å². The summed E-state index contributed by atoms with van der Waals surface area (Å²) >= 11 is 2.12. The zero-order valence-corrected chi connectivity index (χ0v) is 16.3. The predicted octanol–water partition coefficient (Wildman–Crippen LogP) is 2.86. The first kappa shape index (κ1) is 19.2. The standard InChI is InChI=1S/C17H24FIN2O3/c1-3-21-7-4-5-13(21)11-20-17(22)14-9-12(19)10-15(23-2)16(14)24-8-6-18/h9-10,13H,3-8,11H2,1-2H3,(H,20,22)/t13-/m0/s1. The Morgan fingerprint density at radius 1 is 1.50 bits per heavy atom. The Bertz CT molecular complexity index is 571. The summed E-state index contributed by atoms with van der Waals surface area (Å²) in [7, 11) is 1.51. The van der Waals surface area contributed by atoms with Gasteiger partial charge in [0.15, 0.2) is 11.5 Å². The van der Waals surface area contributed by atoms with Gasteiger partial charge in [-0.25, -0.2) is 4.39 Å². The van der Waals surface area contributed by atoms with Crippen LogP contribution < -0.4 is 14.8 Å². The summed E-state index contributed by atoms with van der Waals surface area (Å²) in [6.45, 7) is 4.07. The maximum absolute atomic E-state index is 12.6. The zero-order valence-electron chi connectivity index (χ0n) is 14.1. The number of benzene rings is 1. The molecule has 1 aromatic rings. The van der Waals surface area contributed by atoms with E-state index in [0.717, 1.165) is 29.5 Å². The predicted molar refractivity (Wildman–Crippen MR) is 99.8 cm³/mol. The lowest BCUT2D eigenvalue weighted by molar-refractivity contribution is 0.0936. The number of hydrogen-bond donors (Lipinski definition) is 1. The maximum Gasteiger partial charge on any atom is 0.255 e. The van der Waals surface area contributed by atoms with Gasteiger partial charge < -0.3 is 14.8 Å². The van der Waals surface area contributed by atoms with Crippen molar-refractivity contribution in [3.8, 4) is 11.5 Å². The minimum Gasteiger partial charge on any atom is -0.493 e. The largest absolute Gasteiger partial charge is 0.493 e. The molecule has 1 amide bonds. The van der Waals surface area contributed by atoms with Gasteiger partial charge >= 0.3 is 0 Å². The van der Waals surface area contributed by atoms with Gasteiger partial charge in [-0.3, -0.25) is 9.69 Å². The van der Waals surface area contributed by atoms with Gasteiger partial charge in [0.1, 0.15) is 13.3 Å². The van der Waals surface area contributed by atoms with Crippen LogP contribution in [0.2, 0.25) is 0 Å². The third-order valence-corrected chi connectivity index (χ3v) is 4.83. The number of alkyl halides is 1. The zero-order chi connectivity index (χ0) is 17.5. The molecule has 134 valence electrons. The van der Waals surface area contributed by atoms with E-state index >= 15 is 0 Å². The van der Waals surface area contributed by atoms with E-state index in [1.165, 1.54) is 7.11 Å². The Hall–Kier alpha value is -1.09. The lowest BCUT2D eigenvalue weighted by Gasteiger charge is -2.23. The van der Waals surface area contributed by atoms with E-state index in [1.807, 2.05) is 0 Å². The highest BCUT2D eigenvalue weighted by Gasteiger charge is 2.25. The molecule has 0 saturated carbocycles. The minimum absolute atomic E-state index is 0.108.